The number of hydrogen-bond acceptors (Lipinski definition) is 4. The molecule has 1 fully saturated rings. The van der Waals surface area contributed by atoms with Gasteiger partial charge in [-0.15, -0.1) is 0 Å². The number of nitrogens with one attached hydrogen (secondary N) is 1. The number of H-pyrrole nitrogens is 1. The van der Waals surface area contributed by atoms with Gasteiger partial charge in [0, 0.05) is 18.2 Å². The molecule has 0 radical (unpaired) electrons. The molecule has 18 heavy (non-hydrogen) atoms. The summed E-state index contributed by atoms with van der Waals surface area (Å²) < 4.78 is 1.32. The summed E-state index contributed by atoms with van der Waals surface area (Å²) in [5.74, 6) is 0. The van der Waals surface area contributed by atoms with Gasteiger partial charge in [-0.2, -0.15) is 5.26 Å². The van der Waals surface area contributed by atoms with Gasteiger partial charge < -0.3 is 5.11 Å². The summed E-state index contributed by atoms with van der Waals surface area (Å²) in [7, 11) is 0. The summed E-state index contributed by atoms with van der Waals surface area (Å²) >= 11 is 0. The lowest BCUT2D eigenvalue weighted by molar-refractivity contribution is 0.109. The fourth-order valence-corrected chi connectivity index (χ4v) is 2.56. The zero-order valence-electron chi connectivity index (χ0n) is 9.98. The van der Waals surface area contributed by atoms with Crippen LogP contribution >= 0.6 is 0 Å². The molecule has 0 amide bonds. The van der Waals surface area contributed by atoms with Crippen molar-refractivity contribution in [1.82, 2.24) is 9.55 Å². The van der Waals surface area contributed by atoms with Gasteiger partial charge in [-0.1, -0.05) is 12.8 Å². The van der Waals surface area contributed by atoms with Crippen LogP contribution in [0.1, 0.15) is 31.2 Å². The van der Waals surface area contributed by atoms with E-state index in [4.69, 9.17) is 5.26 Å². The number of nitriles is 1. The Labute approximate surface area is 104 Å². The molecule has 1 aliphatic carbocycles. The fraction of sp³-hybridized carbons (Fsp3) is 0.583. The van der Waals surface area contributed by atoms with Gasteiger partial charge in [-0.25, -0.2) is 4.79 Å². The van der Waals surface area contributed by atoms with Crippen LogP contribution in [-0.2, 0) is 6.54 Å². The molecule has 0 atom stereocenters. The second kappa shape index (κ2) is 4.78. The third kappa shape index (κ3) is 2.22. The molecule has 0 saturated heterocycles. The Morgan fingerprint density at radius 1 is 1.44 bits per heavy atom. The van der Waals surface area contributed by atoms with Gasteiger partial charge in [0.25, 0.3) is 5.56 Å². The van der Waals surface area contributed by atoms with E-state index >= 15 is 0 Å². The molecular weight excluding hydrogens is 234 g/mol. The van der Waals surface area contributed by atoms with Crippen molar-refractivity contribution in [1.29, 1.82) is 5.26 Å². The maximum atomic E-state index is 11.7. The molecule has 1 aromatic heterocycles. The van der Waals surface area contributed by atoms with Crippen molar-refractivity contribution in [3.63, 3.8) is 0 Å². The summed E-state index contributed by atoms with van der Waals surface area (Å²) in [6, 6.07) is 1.75. The first-order valence-electron chi connectivity index (χ1n) is 5.95. The molecule has 1 aliphatic rings. The van der Waals surface area contributed by atoms with Crippen LogP contribution in [0, 0.1) is 16.7 Å². The van der Waals surface area contributed by atoms with Gasteiger partial charge in [0.1, 0.15) is 11.6 Å². The topological polar surface area (TPSA) is 98.9 Å². The minimum absolute atomic E-state index is 0.0143. The van der Waals surface area contributed by atoms with Crippen molar-refractivity contribution >= 4 is 0 Å². The second-order valence-corrected chi connectivity index (χ2v) is 4.91. The standard InChI is InChI=1S/C12H15N3O3/c13-5-9-6-15(11(18)14-10(9)17)7-12(8-16)3-1-2-4-12/h6,16H,1-4,7-8H2,(H,14,17,18). The van der Waals surface area contributed by atoms with Crippen LogP contribution in [0.25, 0.3) is 0 Å². The smallest absolute Gasteiger partial charge is 0.328 e. The van der Waals surface area contributed by atoms with Crippen LogP contribution in [0.2, 0.25) is 0 Å². The SMILES string of the molecule is N#Cc1cn(CC2(CO)CCCC2)c(=O)[nH]c1=O. The van der Waals surface area contributed by atoms with Gasteiger partial charge in [0.05, 0.1) is 6.61 Å². The summed E-state index contributed by atoms with van der Waals surface area (Å²) in [5.41, 5.74) is -1.57. The highest BCUT2D eigenvalue weighted by atomic mass is 16.3. The Morgan fingerprint density at radius 3 is 2.67 bits per heavy atom. The molecule has 0 unspecified atom stereocenters. The normalized spacial score (nSPS) is 17.6. The zero-order chi connectivity index (χ0) is 13.2. The van der Waals surface area contributed by atoms with Crippen molar-refractivity contribution in [2.24, 2.45) is 5.41 Å². The van der Waals surface area contributed by atoms with E-state index in [9.17, 15) is 14.7 Å². The number of nitrogens with zero attached hydrogens (tertiary/aromatic N) is 2. The molecule has 96 valence electrons. The maximum Gasteiger partial charge on any atom is 0.328 e. The molecule has 0 bridgehead atoms. The maximum absolute atomic E-state index is 11.7. The summed E-state index contributed by atoms with van der Waals surface area (Å²) in [6.07, 6.45) is 5.05. The van der Waals surface area contributed by atoms with E-state index in [-0.39, 0.29) is 17.6 Å². The minimum atomic E-state index is -0.664. The first-order chi connectivity index (χ1) is 8.60. The van der Waals surface area contributed by atoms with E-state index in [1.165, 1.54) is 10.8 Å². The van der Waals surface area contributed by atoms with Gasteiger partial charge in [0.2, 0.25) is 0 Å². The minimum Gasteiger partial charge on any atom is -0.396 e. The van der Waals surface area contributed by atoms with Gasteiger partial charge in [-0.05, 0) is 12.8 Å². The molecule has 2 rings (SSSR count). The molecule has 6 nitrogen and oxygen atoms in total. The van der Waals surface area contributed by atoms with Gasteiger partial charge in [0.15, 0.2) is 0 Å². The van der Waals surface area contributed by atoms with Gasteiger partial charge >= 0.3 is 5.69 Å². The molecule has 0 spiro atoms. The number of aliphatic hydroxyl groups excluding tert-OH is 1. The predicted octanol–water partition coefficient (Wildman–Crippen LogP) is -0.0390. The van der Waals surface area contributed by atoms with Crippen molar-refractivity contribution in [3.05, 3.63) is 32.6 Å². The third-order valence-corrected chi connectivity index (χ3v) is 3.64. The van der Waals surface area contributed by atoms with Crippen LogP contribution in [-0.4, -0.2) is 21.3 Å². The van der Waals surface area contributed by atoms with E-state index in [0.29, 0.717) is 6.54 Å². The van der Waals surface area contributed by atoms with Gasteiger partial charge in [-0.3, -0.25) is 14.3 Å². The van der Waals surface area contributed by atoms with E-state index < -0.39 is 11.2 Å². The summed E-state index contributed by atoms with van der Waals surface area (Å²) in [6.45, 7) is 0.355. The Bertz CT molecular complexity index is 588. The molecule has 0 aromatic carbocycles. The number of hydrogen-bond donors (Lipinski definition) is 2. The molecule has 1 heterocycles. The van der Waals surface area contributed by atoms with Crippen LogP contribution in [0.15, 0.2) is 15.8 Å². The molecule has 2 N–H and O–H groups in total. The van der Waals surface area contributed by atoms with Crippen molar-refractivity contribution in [2.75, 3.05) is 6.61 Å². The lowest BCUT2D eigenvalue weighted by Crippen LogP contribution is -2.37. The van der Waals surface area contributed by atoms with Crippen molar-refractivity contribution in [2.45, 2.75) is 32.2 Å². The Hall–Kier alpha value is -1.87. The largest absolute Gasteiger partial charge is 0.396 e. The van der Waals surface area contributed by atoms with E-state index in [2.05, 4.69) is 4.98 Å². The van der Waals surface area contributed by atoms with Crippen molar-refractivity contribution < 1.29 is 5.11 Å². The summed E-state index contributed by atoms with van der Waals surface area (Å²) in [4.78, 5) is 25.1. The number of aromatic amines is 1. The third-order valence-electron chi connectivity index (χ3n) is 3.64. The molecule has 6 heteroatoms. The fourth-order valence-electron chi connectivity index (χ4n) is 2.56. The Kier molecular flexibility index (Phi) is 3.34. The van der Waals surface area contributed by atoms with Crippen LogP contribution in [0.5, 0.6) is 0 Å². The van der Waals surface area contributed by atoms with Crippen LogP contribution < -0.4 is 11.2 Å². The first kappa shape index (κ1) is 12.6. The van der Waals surface area contributed by atoms with Crippen molar-refractivity contribution in [3.8, 4) is 6.07 Å². The number of aliphatic hydroxyl groups is 1. The highest BCUT2D eigenvalue weighted by molar-refractivity contribution is 5.21. The predicted molar refractivity (Wildman–Crippen MR) is 64.0 cm³/mol. The monoisotopic (exact) mass is 249 g/mol. The Morgan fingerprint density at radius 2 is 2.11 bits per heavy atom. The second-order valence-electron chi connectivity index (χ2n) is 4.91. The van der Waals surface area contributed by atoms with E-state index in [1.54, 1.807) is 6.07 Å². The zero-order valence-corrected chi connectivity index (χ0v) is 9.98. The molecular formula is C12H15N3O3. The van der Waals surface area contributed by atoms with Crippen LogP contribution in [0.4, 0.5) is 0 Å². The summed E-state index contributed by atoms with van der Waals surface area (Å²) in [5, 5.41) is 18.3. The lowest BCUT2D eigenvalue weighted by atomic mass is 9.87. The molecule has 1 aromatic rings. The van der Waals surface area contributed by atoms with Crippen LogP contribution in [0.3, 0.4) is 0 Å². The van der Waals surface area contributed by atoms with E-state index in [1.807, 2.05) is 0 Å². The first-order valence-corrected chi connectivity index (χ1v) is 5.95. The number of rotatable bonds is 3. The Balaban J connectivity index is 2.37. The quantitative estimate of drug-likeness (QED) is 0.785. The number of aromatic nitrogens is 2. The molecule has 1 saturated carbocycles. The molecule has 0 aliphatic heterocycles. The highest BCUT2D eigenvalue weighted by Crippen LogP contribution is 2.38. The lowest BCUT2D eigenvalue weighted by Gasteiger charge is -2.26. The average Bonchev–Trinajstić information content (AvgIpc) is 2.82. The average molecular weight is 249 g/mol. The van der Waals surface area contributed by atoms with E-state index in [0.717, 1.165) is 25.7 Å². The highest BCUT2D eigenvalue weighted by Gasteiger charge is 2.34.